The molecule has 2 saturated heterocycles. The van der Waals surface area contributed by atoms with Crippen molar-refractivity contribution in [3.8, 4) is 5.75 Å². The van der Waals surface area contributed by atoms with Crippen LogP contribution in [-0.4, -0.2) is 48.5 Å². The SMILES string of the molecule is CC(C)N1CC(C)(COC2CCCCO2)C2CC(C(=O)Nc3ccc(OC(F)(F)Cl)cc3)=CC(Br)=C21. The normalized spacial score (nSPS) is 26.7. The van der Waals surface area contributed by atoms with Gasteiger partial charge in [-0.25, -0.2) is 0 Å². The minimum atomic E-state index is -3.79. The predicted octanol–water partition coefficient (Wildman–Crippen LogP) is 6.62. The number of hydrogen-bond acceptors (Lipinski definition) is 5. The smallest absolute Gasteiger partial charge is 0.420 e. The summed E-state index contributed by atoms with van der Waals surface area (Å²) < 4.78 is 42.9. The van der Waals surface area contributed by atoms with Crippen molar-refractivity contribution in [2.24, 2.45) is 11.3 Å². The van der Waals surface area contributed by atoms with Gasteiger partial charge in [0.2, 0.25) is 0 Å². The molecule has 0 radical (unpaired) electrons. The summed E-state index contributed by atoms with van der Waals surface area (Å²) in [5.41, 5.74) is -1.70. The number of fused-ring (bicyclic) bond motifs is 1. The Morgan fingerprint density at radius 3 is 2.67 bits per heavy atom. The van der Waals surface area contributed by atoms with Gasteiger partial charge >= 0.3 is 5.57 Å². The fourth-order valence-corrected chi connectivity index (χ4v) is 5.98. The number of carbonyl (C=O) groups is 1. The minimum Gasteiger partial charge on any atom is -0.420 e. The predicted molar refractivity (Wildman–Crippen MR) is 138 cm³/mol. The van der Waals surface area contributed by atoms with Gasteiger partial charge in [-0.1, -0.05) is 6.92 Å². The molecule has 3 aliphatic rings. The Morgan fingerprint density at radius 1 is 1.33 bits per heavy atom. The highest BCUT2D eigenvalue weighted by atomic mass is 79.9. The van der Waals surface area contributed by atoms with Crippen LogP contribution in [0.3, 0.4) is 0 Å². The van der Waals surface area contributed by atoms with Crippen molar-refractivity contribution in [3.05, 3.63) is 46.1 Å². The lowest BCUT2D eigenvalue weighted by Gasteiger charge is -2.34. The average molecular weight is 590 g/mol. The second-order valence-electron chi connectivity index (χ2n) is 10.2. The summed E-state index contributed by atoms with van der Waals surface area (Å²) in [6, 6.07) is 5.94. The van der Waals surface area contributed by atoms with Gasteiger partial charge < -0.3 is 24.4 Å². The van der Waals surface area contributed by atoms with Crippen molar-refractivity contribution in [1.82, 2.24) is 4.90 Å². The van der Waals surface area contributed by atoms with Gasteiger partial charge in [-0.05, 0) is 85.8 Å². The third-order valence-corrected chi connectivity index (χ3v) is 7.69. The summed E-state index contributed by atoms with van der Waals surface area (Å²) in [4.78, 5) is 15.6. The summed E-state index contributed by atoms with van der Waals surface area (Å²) in [5.74, 6) is -0.257. The van der Waals surface area contributed by atoms with E-state index < -0.39 is 5.57 Å². The number of benzene rings is 1. The lowest BCUT2D eigenvalue weighted by atomic mass is 9.74. The summed E-state index contributed by atoms with van der Waals surface area (Å²) in [7, 11) is 0. The highest BCUT2D eigenvalue weighted by molar-refractivity contribution is 9.11. The number of alkyl halides is 3. The van der Waals surface area contributed by atoms with Crippen molar-refractivity contribution < 1.29 is 27.8 Å². The summed E-state index contributed by atoms with van der Waals surface area (Å²) in [6.07, 6.45) is 5.34. The number of nitrogens with zero attached hydrogens (tertiary/aromatic N) is 1. The van der Waals surface area contributed by atoms with Crippen molar-refractivity contribution in [3.63, 3.8) is 0 Å². The molecule has 0 aromatic heterocycles. The van der Waals surface area contributed by atoms with Crippen LogP contribution in [0, 0.1) is 11.3 Å². The molecule has 10 heteroatoms. The molecule has 198 valence electrons. The maximum absolute atomic E-state index is 13.2. The number of halogens is 4. The zero-order valence-corrected chi connectivity index (χ0v) is 23.0. The van der Waals surface area contributed by atoms with E-state index in [9.17, 15) is 13.6 Å². The molecule has 3 atom stereocenters. The minimum absolute atomic E-state index is 0.0883. The number of ether oxygens (including phenoxy) is 3. The summed E-state index contributed by atoms with van der Waals surface area (Å²) in [6.45, 7) is 8.64. The fourth-order valence-electron chi connectivity index (χ4n) is 5.11. The molecule has 0 saturated carbocycles. The highest BCUT2D eigenvalue weighted by Crippen LogP contribution is 2.51. The molecular formula is C26H32BrClF2N2O4. The van der Waals surface area contributed by atoms with Gasteiger partial charge in [0.1, 0.15) is 5.75 Å². The lowest BCUT2D eigenvalue weighted by molar-refractivity contribution is -0.179. The first-order valence-electron chi connectivity index (χ1n) is 12.2. The standard InChI is InChI=1S/C26H32BrClF2N2O4/c1-16(2)32-14-25(3,15-35-22-6-4-5-11-34-22)20-12-17(13-21(27)23(20)32)24(33)31-18-7-9-19(10-8-18)36-26(28,29)30/h7-10,13,16,20,22H,4-6,11-12,14-15H2,1-3H3,(H,31,33). The van der Waals surface area contributed by atoms with E-state index in [1.807, 2.05) is 6.08 Å². The van der Waals surface area contributed by atoms with Gasteiger partial charge in [-0.2, -0.15) is 0 Å². The molecule has 0 bridgehead atoms. The molecule has 2 fully saturated rings. The number of carbonyl (C=O) groups excluding carboxylic acids is 1. The van der Waals surface area contributed by atoms with Crippen LogP contribution in [-0.2, 0) is 14.3 Å². The number of hydrogen-bond donors (Lipinski definition) is 1. The molecule has 1 aromatic rings. The van der Waals surface area contributed by atoms with Crippen LogP contribution in [0.5, 0.6) is 5.75 Å². The summed E-state index contributed by atoms with van der Waals surface area (Å²) in [5, 5.41) is 2.86. The molecule has 1 aromatic carbocycles. The topological polar surface area (TPSA) is 60.0 Å². The highest BCUT2D eigenvalue weighted by Gasteiger charge is 2.50. The molecule has 36 heavy (non-hydrogen) atoms. The lowest BCUT2D eigenvalue weighted by Crippen LogP contribution is -2.37. The van der Waals surface area contributed by atoms with Crippen LogP contribution < -0.4 is 10.1 Å². The van der Waals surface area contributed by atoms with E-state index in [-0.39, 0.29) is 29.3 Å². The zero-order chi connectivity index (χ0) is 26.1. The maximum atomic E-state index is 13.2. The number of allylic oxidation sites excluding steroid dienone is 3. The largest absolute Gasteiger partial charge is 0.487 e. The zero-order valence-electron chi connectivity index (χ0n) is 20.7. The molecule has 4 rings (SSSR count). The van der Waals surface area contributed by atoms with Gasteiger partial charge in [-0.3, -0.25) is 4.79 Å². The average Bonchev–Trinajstić information content (AvgIpc) is 3.12. The van der Waals surface area contributed by atoms with Crippen molar-refractivity contribution in [1.29, 1.82) is 0 Å². The van der Waals surface area contributed by atoms with Crippen molar-refractivity contribution in [2.45, 2.75) is 64.4 Å². The van der Waals surface area contributed by atoms with Gasteiger partial charge in [0.25, 0.3) is 5.91 Å². The Balaban J connectivity index is 1.49. The van der Waals surface area contributed by atoms with E-state index >= 15 is 0 Å². The van der Waals surface area contributed by atoms with Crippen LogP contribution in [0.1, 0.15) is 46.5 Å². The fraction of sp³-hybridized carbons (Fsp3) is 0.577. The Hall–Kier alpha value is -1.68. The van der Waals surface area contributed by atoms with E-state index in [0.717, 1.165) is 36.9 Å². The van der Waals surface area contributed by atoms with Gasteiger partial charge in [0, 0.05) is 63.6 Å². The monoisotopic (exact) mass is 588 g/mol. The van der Waals surface area contributed by atoms with E-state index in [1.54, 1.807) is 0 Å². The Morgan fingerprint density at radius 2 is 2.06 bits per heavy atom. The van der Waals surface area contributed by atoms with Crippen LogP contribution in [0.2, 0.25) is 0 Å². The van der Waals surface area contributed by atoms with E-state index in [1.165, 1.54) is 30.0 Å². The summed E-state index contributed by atoms with van der Waals surface area (Å²) >= 11 is 8.54. The Kier molecular flexibility index (Phi) is 8.34. The molecule has 3 unspecified atom stereocenters. The van der Waals surface area contributed by atoms with E-state index in [0.29, 0.717) is 30.3 Å². The second-order valence-corrected chi connectivity index (χ2v) is 11.5. The number of nitrogens with one attached hydrogen (secondary N) is 1. The van der Waals surface area contributed by atoms with Gasteiger partial charge in [0.05, 0.1) is 6.61 Å². The van der Waals surface area contributed by atoms with Crippen LogP contribution in [0.15, 0.2) is 46.1 Å². The number of likely N-dealkylation sites (tertiary alicyclic amines) is 1. The molecule has 0 spiro atoms. The number of amides is 1. The van der Waals surface area contributed by atoms with E-state index in [2.05, 4.69) is 51.7 Å². The van der Waals surface area contributed by atoms with Crippen molar-refractivity contribution in [2.75, 3.05) is 25.1 Å². The number of rotatable bonds is 8. The molecule has 1 aliphatic carbocycles. The Bertz CT molecular complexity index is 1020. The third-order valence-electron chi connectivity index (χ3n) is 6.98. The first kappa shape index (κ1) is 27.4. The quantitative estimate of drug-likeness (QED) is 0.346. The van der Waals surface area contributed by atoms with Crippen LogP contribution >= 0.6 is 27.5 Å². The first-order chi connectivity index (χ1) is 16.9. The first-order valence-corrected chi connectivity index (χ1v) is 13.4. The Labute approximate surface area is 224 Å². The maximum Gasteiger partial charge on any atom is 0.487 e. The van der Waals surface area contributed by atoms with Crippen LogP contribution in [0.4, 0.5) is 14.5 Å². The molecule has 1 N–H and O–H groups in total. The molecule has 1 amide bonds. The molecule has 2 heterocycles. The molecule has 6 nitrogen and oxygen atoms in total. The molecule has 2 aliphatic heterocycles. The number of anilines is 1. The van der Waals surface area contributed by atoms with Crippen LogP contribution in [0.25, 0.3) is 0 Å². The van der Waals surface area contributed by atoms with Crippen molar-refractivity contribution >= 4 is 39.1 Å². The van der Waals surface area contributed by atoms with Gasteiger partial charge in [0.15, 0.2) is 6.29 Å². The second kappa shape index (κ2) is 11.0. The molecular weight excluding hydrogens is 558 g/mol. The van der Waals surface area contributed by atoms with E-state index in [4.69, 9.17) is 21.1 Å². The third kappa shape index (κ3) is 6.41. The van der Waals surface area contributed by atoms with Gasteiger partial charge in [-0.15, -0.1) is 8.78 Å².